The first-order valence-corrected chi connectivity index (χ1v) is 3.98. The van der Waals surface area contributed by atoms with E-state index in [0.29, 0.717) is 5.56 Å². The second-order valence-electron chi connectivity index (χ2n) is 2.58. The average molecular weight is 208 g/mol. The Morgan fingerprint density at radius 3 is 2.62 bits per heavy atom. The number of aliphatic hydroxyl groups is 1. The zero-order chi connectivity index (χ0) is 10.0. The van der Waals surface area contributed by atoms with Gasteiger partial charge in [0.1, 0.15) is 5.15 Å². The number of nitrogens with zero attached hydrogens (tertiary/aromatic N) is 1. The molecule has 1 rings (SSSR count). The Kier molecular flexibility index (Phi) is 3.17. The van der Waals surface area contributed by atoms with Gasteiger partial charge in [-0.25, -0.2) is 13.8 Å². The number of rotatable bonds is 2. The highest BCUT2D eigenvalue weighted by atomic mass is 35.5. The molecule has 0 spiro atoms. The van der Waals surface area contributed by atoms with Gasteiger partial charge in [-0.05, 0) is 18.1 Å². The van der Waals surface area contributed by atoms with E-state index in [1.165, 1.54) is 6.20 Å². The topological polar surface area (TPSA) is 33.1 Å². The van der Waals surface area contributed by atoms with Gasteiger partial charge in [0.15, 0.2) is 0 Å². The van der Waals surface area contributed by atoms with Crippen LogP contribution in [0.25, 0.3) is 0 Å². The molecule has 0 saturated heterocycles. The molecule has 0 aliphatic carbocycles. The van der Waals surface area contributed by atoms with Gasteiger partial charge in [-0.3, -0.25) is 0 Å². The molecule has 1 aromatic heterocycles. The summed E-state index contributed by atoms with van der Waals surface area (Å²) in [5, 5.41) is 8.61. The fourth-order valence-corrected chi connectivity index (χ4v) is 1.31. The van der Waals surface area contributed by atoms with Crippen molar-refractivity contribution in [2.45, 2.75) is 20.0 Å². The smallest absolute Gasteiger partial charge is 0.267 e. The van der Waals surface area contributed by atoms with E-state index < -0.39 is 13.0 Å². The predicted molar refractivity (Wildman–Crippen MR) is 44.9 cm³/mol. The first kappa shape index (κ1) is 10.3. The first-order chi connectivity index (χ1) is 6.07. The normalized spacial score (nSPS) is 10.9. The molecule has 2 nitrogen and oxygen atoms in total. The third-order valence-corrected chi connectivity index (χ3v) is 2.07. The highest BCUT2D eigenvalue weighted by molar-refractivity contribution is 6.30. The molecular formula is C8H8ClF2NO. The van der Waals surface area contributed by atoms with Gasteiger partial charge in [0.2, 0.25) is 0 Å². The monoisotopic (exact) mass is 207 g/mol. The molecule has 1 N–H and O–H groups in total. The lowest BCUT2D eigenvalue weighted by Crippen LogP contribution is -2.00. The van der Waals surface area contributed by atoms with Crippen LogP contribution in [0.2, 0.25) is 5.15 Å². The van der Waals surface area contributed by atoms with Crippen LogP contribution in [0.4, 0.5) is 8.78 Å². The number of hydrogen-bond donors (Lipinski definition) is 1. The lowest BCUT2D eigenvalue weighted by atomic mass is 10.1. The predicted octanol–water partition coefficient (Wildman–Crippen LogP) is 2.47. The zero-order valence-corrected chi connectivity index (χ0v) is 7.65. The maximum Gasteiger partial charge on any atom is 0.267 e. The Balaban J connectivity index is 3.35. The van der Waals surface area contributed by atoms with Crippen molar-refractivity contribution in [1.82, 2.24) is 4.98 Å². The number of alkyl halides is 2. The van der Waals surface area contributed by atoms with Crippen molar-refractivity contribution in [3.05, 3.63) is 28.0 Å². The van der Waals surface area contributed by atoms with Gasteiger partial charge in [-0.15, -0.1) is 0 Å². The quantitative estimate of drug-likeness (QED) is 0.756. The van der Waals surface area contributed by atoms with Crippen LogP contribution < -0.4 is 0 Å². The van der Waals surface area contributed by atoms with Crippen LogP contribution in [0.1, 0.15) is 23.1 Å². The first-order valence-electron chi connectivity index (χ1n) is 3.60. The second-order valence-corrected chi connectivity index (χ2v) is 2.94. The minimum atomic E-state index is -2.71. The van der Waals surface area contributed by atoms with Crippen molar-refractivity contribution in [3.63, 3.8) is 0 Å². The largest absolute Gasteiger partial charge is 0.392 e. The van der Waals surface area contributed by atoms with Crippen LogP contribution in [0.15, 0.2) is 6.20 Å². The van der Waals surface area contributed by atoms with E-state index in [0.717, 1.165) is 0 Å². The van der Waals surface area contributed by atoms with E-state index in [9.17, 15) is 8.78 Å². The van der Waals surface area contributed by atoms with Gasteiger partial charge in [-0.2, -0.15) is 0 Å². The number of pyridine rings is 1. The summed E-state index contributed by atoms with van der Waals surface area (Å²) in [5.74, 6) is 0. The molecule has 0 unspecified atom stereocenters. The molecule has 0 aromatic carbocycles. The highest BCUT2D eigenvalue weighted by Crippen LogP contribution is 2.30. The second kappa shape index (κ2) is 3.98. The third-order valence-electron chi connectivity index (χ3n) is 1.77. The molecule has 0 saturated carbocycles. The van der Waals surface area contributed by atoms with Gasteiger partial charge < -0.3 is 5.11 Å². The van der Waals surface area contributed by atoms with Crippen molar-refractivity contribution in [2.24, 2.45) is 0 Å². The van der Waals surface area contributed by atoms with Gasteiger partial charge >= 0.3 is 0 Å². The van der Waals surface area contributed by atoms with Gasteiger partial charge in [-0.1, -0.05) is 11.6 Å². The molecule has 0 aliphatic heterocycles. The summed E-state index contributed by atoms with van der Waals surface area (Å²) in [5.41, 5.74) is 0.307. The molecule has 0 bridgehead atoms. The summed E-state index contributed by atoms with van der Waals surface area (Å²) < 4.78 is 24.8. The summed E-state index contributed by atoms with van der Waals surface area (Å²) in [4.78, 5) is 3.58. The molecule has 0 radical (unpaired) electrons. The number of aryl methyl sites for hydroxylation is 1. The molecular weight excluding hydrogens is 200 g/mol. The molecule has 0 fully saturated rings. The van der Waals surface area contributed by atoms with Gasteiger partial charge in [0, 0.05) is 6.20 Å². The minimum Gasteiger partial charge on any atom is -0.392 e. The van der Waals surface area contributed by atoms with E-state index >= 15 is 0 Å². The third kappa shape index (κ3) is 1.95. The lowest BCUT2D eigenvalue weighted by Gasteiger charge is -2.10. The van der Waals surface area contributed by atoms with E-state index in [2.05, 4.69) is 4.98 Å². The summed E-state index contributed by atoms with van der Waals surface area (Å²) in [7, 11) is 0. The van der Waals surface area contributed by atoms with Crippen LogP contribution in [0, 0.1) is 6.92 Å². The van der Waals surface area contributed by atoms with Crippen LogP contribution in [-0.4, -0.2) is 10.1 Å². The van der Waals surface area contributed by atoms with Crippen molar-refractivity contribution in [3.8, 4) is 0 Å². The van der Waals surface area contributed by atoms with E-state index in [1.807, 2.05) is 0 Å². The van der Waals surface area contributed by atoms with Crippen LogP contribution >= 0.6 is 11.6 Å². The number of hydrogen-bond acceptors (Lipinski definition) is 2. The number of aliphatic hydroxyl groups excluding tert-OH is 1. The average Bonchev–Trinajstić information content (AvgIpc) is 2.07. The van der Waals surface area contributed by atoms with Crippen molar-refractivity contribution < 1.29 is 13.9 Å². The van der Waals surface area contributed by atoms with E-state index in [1.54, 1.807) is 6.92 Å². The van der Waals surface area contributed by atoms with Gasteiger partial charge in [0.25, 0.3) is 6.43 Å². The Morgan fingerprint density at radius 2 is 2.23 bits per heavy atom. The van der Waals surface area contributed by atoms with Crippen LogP contribution in [0.5, 0.6) is 0 Å². The van der Waals surface area contributed by atoms with Crippen LogP contribution in [-0.2, 0) is 6.61 Å². The SMILES string of the molecule is Cc1cnc(Cl)c(C(F)F)c1CO. The summed E-state index contributed by atoms with van der Waals surface area (Å²) >= 11 is 5.47. The standard InChI is InChI=1S/C8H8ClF2NO/c1-4-2-12-7(9)6(8(10)11)5(4)3-13/h2,8,13H,3H2,1H3. The zero-order valence-electron chi connectivity index (χ0n) is 6.89. The molecule has 1 heterocycles. The Morgan fingerprint density at radius 1 is 1.62 bits per heavy atom. The Labute approximate surface area is 79.2 Å². The number of aromatic nitrogens is 1. The molecule has 0 aliphatic rings. The summed E-state index contributed by atoms with van der Waals surface area (Å²) in [6, 6.07) is 0. The Bertz CT molecular complexity index is 317. The van der Waals surface area contributed by atoms with Crippen molar-refractivity contribution in [2.75, 3.05) is 0 Å². The molecule has 13 heavy (non-hydrogen) atoms. The highest BCUT2D eigenvalue weighted by Gasteiger charge is 2.19. The molecule has 1 aromatic rings. The maximum absolute atomic E-state index is 12.4. The maximum atomic E-state index is 12.4. The molecule has 0 amide bonds. The minimum absolute atomic E-state index is 0.162. The van der Waals surface area contributed by atoms with Crippen molar-refractivity contribution in [1.29, 1.82) is 0 Å². The van der Waals surface area contributed by atoms with Crippen molar-refractivity contribution >= 4 is 11.6 Å². The fraction of sp³-hybridized carbons (Fsp3) is 0.375. The molecule has 0 atom stereocenters. The molecule has 5 heteroatoms. The summed E-state index contributed by atoms with van der Waals surface area (Å²) in [6.07, 6.45) is -1.35. The fourth-order valence-electron chi connectivity index (χ4n) is 1.07. The van der Waals surface area contributed by atoms with E-state index in [-0.39, 0.29) is 16.3 Å². The summed E-state index contributed by atoms with van der Waals surface area (Å²) in [6.45, 7) is 1.15. The Hall–Kier alpha value is -0.740. The van der Waals surface area contributed by atoms with Gasteiger partial charge in [0.05, 0.1) is 12.2 Å². The molecule has 72 valence electrons. The van der Waals surface area contributed by atoms with Crippen LogP contribution in [0.3, 0.4) is 0 Å². The number of halogens is 3. The van der Waals surface area contributed by atoms with E-state index in [4.69, 9.17) is 16.7 Å². The lowest BCUT2D eigenvalue weighted by molar-refractivity contribution is 0.146.